The highest BCUT2D eigenvalue weighted by atomic mass is 31.2. The average Bonchev–Trinajstić information content (AvgIpc) is 1.81. The number of carbonyl (C=O) groups is 1. The second kappa shape index (κ2) is 5.40. The minimum atomic E-state index is -2.72. The van der Waals surface area contributed by atoms with Gasteiger partial charge in [-0.3, -0.25) is 9.36 Å². The number of hydrogen-bond acceptors (Lipinski definition) is 3. The predicted molar refractivity (Wildman–Crippen MR) is 53.3 cm³/mol. The second-order valence-corrected chi connectivity index (χ2v) is 5.91. The van der Waals surface area contributed by atoms with E-state index in [0.717, 1.165) is 0 Å². The Morgan fingerprint density at radius 2 is 2.08 bits per heavy atom. The van der Waals surface area contributed by atoms with Crippen LogP contribution in [0.2, 0.25) is 0 Å². The molecule has 0 bridgehead atoms. The highest BCUT2D eigenvalue weighted by molar-refractivity contribution is 7.59. The first-order valence-corrected chi connectivity index (χ1v) is 6.63. The smallest absolute Gasteiger partial charge is 0.229 e. The van der Waals surface area contributed by atoms with E-state index in [4.69, 9.17) is 4.52 Å². The zero-order valence-corrected chi connectivity index (χ0v) is 9.56. The van der Waals surface area contributed by atoms with Crippen molar-refractivity contribution in [2.45, 2.75) is 26.8 Å². The summed E-state index contributed by atoms with van der Waals surface area (Å²) in [5, 5.41) is 2.67. The summed E-state index contributed by atoms with van der Waals surface area (Å²) in [5.74, 6) is -0.214. The zero-order valence-electron chi connectivity index (χ0n) is 8.66. The number of rotatable bonds is 5. The molecule has 0 rings (SSSR count). The fourth-order valence-electron chi connectivity index (χ4n) is 0.947. The first-order chi connectivity index (χ1) is 5.87. The van der Waals surface area contributed by atoms with Crippen LogP contribution in [0.5, 0.6) is 0 Å². The molecular formula is C8H18NO3P. The van der Waals surface area contributed by atoms with Crippen molar-refractivity contribution in [3.63, 3.8) is 0 Å². The Hall–Kier alpha value is -0.340. The maximum Gasteiger partial charge on any atom is 0.229 e. The molecule has 0 aromatic carbocycles. The third-order valence-corrected chi connectivity index (χ3v) is 2.95. The Kier molecular flexibility index (Phi) is 5.26. The third-order valence-electron chi connectivity index (χ3n) is 1.28. The zero-order chi connectivity index (χ0) is 10.5. The maximum absolute atomic E-state index is 11.5. The lowest BCUT2D eigenvalue weighted by Gasteiger charge is -2.13. The van der Waals surface area contributed by atoms with Crippen LogP contribution in [0.1, 0.15) is 20.8 Å². The summed E-state index contributed by atoms with van der Waals surface area (Å²) in [5.41, 5.74) is 0. The molecule has 4 nitrogen and oxygen atoms in total. The van der Waals surface area contributed by atoms with Crippen molar-refractivity contribution in [2.24, 2.45) is 0 Å². The summed E-state index contributed by atoms with van der Waals surface area (Å²) < 4.78 is 16.5. The lowest BCUT2D eigenvalue weighted by molar-refractivity contribution is -0.119. The van der Waals surface area contributed by atoms with Crippen molar-refractivity contribution < 1.29 is 13.9 Å². The maximum atomic E-state index is 11.5. The van der Waals surface area contributed by atoms with Gasteiger partial charge in [-0.1, -0.05) is 0 Å². The summed E-state index contributed by atoms with van der Waals surface area (Å²) in [4.78, 5) is 11.2. The van der Waals surface area contributed by atoms with Crippen LogP contribution in [0.25, 0.3) is 0 Å². The van der Waals surface area contributed by atoms with E-state index in [-0.39, 0.29) is 18.1 Å². The van der Waals surface area contributed by atoms with Crippen LogP contribution in [0, 0.1) is 0 Å². The van der Waals surface area contributed by atoms with Gasteiger partial charge in [-0.05, 0) is 20.8 Å². The largest absolute Gasteiger partial charge is 0.353 e. The molecule has 1 amide bonds. The molecule has 0 aliphatic heterocycles. The van der Waals surface area contributed by atoms with Crippen LogP contribution in [-0.4, -0.2) is 31.4 Å². The van der Waals surface area contributed by atoms with Gasteiger partial charge in [0, 0.05) is 12.7 Å². The van der Waals surface area contributed by atoms with E-state index in [2.05, 4.69) is 5.32 Å². The average molecular weight is 207 g/mol. The molecule has 0 heterocycles. The fourth-order valence-corrected chi connectivity index (χ4v) is 2.20. The Balaban J connectivity index is 3.97. The lowest BCUT2D eigenvalue weighted by Crippen LogP contribution is -2.32. The minimum absolute atomic E-state index is 0.0288. The van der Waals surface area contributed by atoms with Crippen LogP contribution in [0.4, 0.5) is 0 Å². The van der Waals surface area contributed by atoms with Crippen LogP contribution < -0.4 is 5.32 Å². The molecule has 0 saturated carbocycles. The predicted octanol–water partition coefficient (Wildman–Crippen LogP) is 1.46. The van der Waals surface area contributed by atoms with Gasteiger partial charge in [0.05, 0.1) is 6.61 Å². The summed E-state index contributed by atoms with van der Waals surface area (Å²) in [6, 6.07) is 0.0779. The molecule has 0 saturated heterocycles. The van der Waals surface area contributed by atoms with Gasteiger partial charge in [-0.25, -0.2) is 0 Å². The molecule has 0 aliphatic carbocycles. The Morgan fingerprint density at radius 3 is 2.46 bits per heavy atom. The number of hydrogen-bond donors (Lipinski definition) is 1. The minimum Gasteiger partial charge on any atom is -0.353 e. The molecule has 0 radical (unpaired) electrons. The standard InChI is InChI=1S/C8H18NO3P/c1-5-12-13(4,11)6-8(10)9-7(2)3/h7H,5-6H2,1-4H3,(H,9,10). The normalized spacial score (nSPS) is 15.5. The van der Waals surface area contributed by atoms with E-state index in [1.165, 1.54) is 6.66 Å². The van der Waals surface area contributed by atoms with Crippen LogP contribution in [-0.2, 0) is 13.9 Å². The van der Waals surface area contributed by atoms with Gasteiger partial charge >= 0.3 is 0 Å². The molecular weight excluding hydrogens is 189 g/mol. The van der Waals surface area contributed by atoms with Crippen molar-refractivity contribution in [1.29, 1.82) is 0 Å². The van der Waals surface area contributed by atoms with Crippen molar-refractivity contribution in [2.75, 3.05) is 19.4 Å². The van der Waals surface area contributed by atoms with E-state index in [1.54, 1.807) is 6.92 Å². The first kappa shape index (κ1) is 12.7. The molecule has 1 atom stereocenters. The highest BCUT2D eigenvalue weighted by Crippen LogP contribution is 2.41. The summed E-state index contributed by atoms with van der Waals surface area (Å²) >= 11 is 0. The van der Waals surface area contributed by atoms with Gasteiger partial charge in [0.2, 0.25) is 13.3 Å². The topological polar surface area (TPSA) is 55.4 Å². The molecule has 0 aliphatic rings. The number of nitrogens with one attached hydrogen (secondary N) is 1. The van der Waals surface area contributed by atoms with Crippen molar-refractivity contribution >= 4 is 13.3 Å². The molecule has 0 aromatic heterocycles. The quantitative estimate of drug-likeness (QED) is 0.694. The third kappa shape index (κ3) is 6.79. The van der Waals surface area contributed by atoms with Gasteiger partial charge in [0.15, 0.2) is 0 Å². The van der Waals surface area contributed by atoms with E-state index in [0.29, 0.717) is 6.61 Å². The Bertz CT molecular complexity index is 215. The van der Waals surface area contributed by atoms with Gasteiger partial charge in [0.25, 0.3) is 0 Å². The molecule has 0 spiro atoms. The molecule has 1 unspecified atom stereocenters. The molecule has 13 heavy (non-hydrogen) atoms. The van der Waals surface area contributed by atoms with Crippen molar-refractivity contribution in [3.8, 4) is 0 Å². The molecule has 0 fully saturated rings. The monoisotopic (exact) mass is 207 g/mol. The van der Waals surface area contributed by atoms with Crippen molar-refractivity contribution in [1.82, 2.24) is 5.32 Å². The van der Waals surface area contributed by atoms with Gasteiger partial charge in [0.1, 0.15) is 6.16 Å². The Labute approximate surface area is 79.5 Å². The fraction of sp³-hybridized carbons (Fsp3) is 0.875. The molecule has 5 heteroatoms. The Morgan fingerprint density at radius 1 is 1.54 bits per heavy atom. The lowest BCUT2D eigenvalue weighted by atomic mass is 10.4. The molecule has 1 N–H and O–H groups in total. The SMILES string of the molecule is CCOP(C)(=O)CC(=O)NC(C)C. The van der Waals surface area contributed by atoms with E-state index < -0.39 is 7.37 Å². The second-order valence-electron chi connectivity index (χ2n) is 3.31. The molecule has 78 valence electrons. The summed E-state index contributed by atoms with van der Waals surface area (Å²) in [6.07, 6.45) is -0.0288. The van der Waals surface area contributed by atoms with Crippen LogP contribution in [0.3, 0.4) is 0 Å². The van der Waals surface area contributed by atoms with Crippen molar-refractivity contribution in [3.05, 3.63) is 0 Å². The highest BCUT2D eigenvalue weighted by Gasteiger charge is 2.20. The van der Waals surface area contributed by atoms with Gasteiger partial charge in [-0.15, -0.1) is 0 Å². The molecule has 0 aromatic rings. The van der Waals surface area contributed by atoms with Crippen LogP contribution >= 0.6 is 7.37 Å². The van der Waals surface area contributed by atoms with E-state index in [9.17, 15) is 9.36 Å². The van der Waals surface area contributed by atoms with Gasteiger partial charge in [-0.2, -0.15) is 0 Å². The number of carbonyl (C=O) groups excluding carboxylic acids is 1. The summed E-state index contributed by atoms with van der Waals surface area (Å²) in [6.45, 7) is 7.34. The van der Waals surface area contributed by atoms with Gasteiger partial charge < -0.3 is 9.84 Å². The van der Waals surface area contributed by atoms with E-state index in [1.807, 2.05) is 13.8 Å². The van der Waals surface area contributed by atoms with Crippen LogP contribution in [0.15, 0.2) is 0 Å². The number of amides is 1. The first-order valence-electron chi connectivity index (χ1n) is 4.38. The van der Waals surface area contributed by atoms with E-state index >= 15 is 0 Å². The summed E-state index contributed by atoms with van der Waals surface area (Å²) in [7, 11) is -2.72.